The van der Waals surface area contributed by atoms with E-state index in [1.54, 1.807) is 0 Å². The van der Waals surface area contributed by atoms with E-state index in [9.17, 15) is 0 Å². The molecule has 0 aromatic heterocycles. The van der Waals surface area contributed by atoms with Gasteiger partial charge < -0.3 is 0 Å². The summed E-state index contributed by atoms with van der Waals surface area (Å²) in [6, 6.07) is 0. The average molecular weight is 170 g/mol. The van der Waals surface area contributed by atoms with Crippen molar-refractivity contribution >= 4 is 11.8 Å². The van der Waals surface area contributed by atoms with Crippen LogP contribution in [0.1, 0.15) is 27.2 Å². The van der Waals surface area contributed by atoms with Crippen LogP contribution in [-0.2, 0) is 0 Å². The highest BCUT2D eigenvalue weighted by Gasteiger charge is 1.95. The molecule has 0 atom stereocenters. The van der Waals surface area contributed by atoms with E-state index < -0.39 is 0 Å². The number of hydrogen-bond acceptors (Lipinski definition) is 1. The molecule has 0 aliphatic carbocycles. The highest BCUT2D eigenvalue weighted by molar-refractivity contribution is 8.03. The molecule has 64 valence electrons. The molecule has 0 saturated carbocycles. The Morgan fingerprint density at radius 1 is 1.55 bits per heavy atom. The molecular formula is C10H18S. The Morgan fingerprint density at radius 2 is 2.18 bits per heavy atom. The van der Waals surface area contributed by atoms with Crippen molar-refractivity contribution in [1.82, 2.24) is 0 Å². The summed E-state index contributed by atoms with van der Waals surface area (Å²) in [7, 11) is 0. The van der Waals surface area contributed by atoms with Gasteiger partial charge in [-0.25, -0.2) is 0 Å². The van der Waals surface area contributed by atoms with Gasteiger partial charge in [0.15, 0.2) is 0 Å². The second-order valence-corrected chi connectivity index (χ2v) is 4.09. The molecule has 1 heteroatoms. The van der Waals surface area contributed by atoms with E-state index in [1.807, 2.05) is 17.8 Å². The number of rotatable bonds is 5. The van der Waals surface area contributed by atoms with Crippen LogP contribution in [0.15, 0.2) is 23.6 Å². The molecule has 0 rings (SSSR count). The van der Waals surface area contributed by atoms with Crippen LogP contribution in [0.2, 0.25) is 0 Å². The molecule has 0 spiro atoms. The lowest BCUT2D eigenvalue weighted by molar-refractivity contribution is 0.632. The van der Waals surface area contributed by atoms with Gasteiger partial charge in [0.2, 0.25) is 0 Å². The highest BCUT2D eigenvalue weighted by atomic mass is 32.2. The largest absolute Gasteiger partial charge is 0.127 e. The fraction of sp³-hybridized carbons (Fsp3) is 0.600. The molecule has 0 amide bonds. The van der Waals surface area contributed by atoms with Crippen LogP contribution in [0.25, 0.3) is 0 Å². The third-order valence-corrected chi connectivity index (χ3v) is 2.63. The number of hydrogen-bond donors (Lipinski definition) is 0. The van der Waals surface area contributed by atoms with Crippen molar-refractivity contribution in [3.05, 3.63) is 23.6 Å². The molecule has 0 unspecified atom stereocenters. The summed E-state index contributed by atoms with van der Waals surface area (Å²) in [5.41, 5.74) is 0. The Kier molecular flexibility index (Phi) is 6.43. The zero-order valence-corrected chi connectivity index (χ0v) is 8.58. The molecule has 0 heterocycles. The highest BCUT2D eigenvalue weighted by Crippen LogP contribution is 2.18. The van der Waals surface area contributed by atoms with E-state index in [-0.39, 0.29) is 0 Å². The van der Waals surface area contributed by atoms with Crippen LogP contribution in [0.4, 0.5) is 0 Å². The maximum atomic E-state index is 3.74. The summed E-state index contributed by atoms with van der Waals surface area (Å²) in [6.45, 7) is 10.3. The van der Waals surface area contributed by atoms with Gasteiger partial charge in [0.25, 0.3) is 0 Å². The minimum absolute atomic E-state index is 0.811. The zero-order valence-electron chi connectivity index (χ0n) is 7.76. The first kappa shape index (κ1) is 10.8. The summed E-state index contributed by atoms with van der Waals surface area (Å²) in [4.78, 5) is 1.30. The summed E-state index contributed by atoms with van der Waals surface area (Å²) in [5.74, 6) is 2.02. The third kappa shape index (κ3) is 6.24. The zero-order chi connectivity index (χ0) is 8.69. The number of allylic oxidation sites excluding steroid dienone is 2. The Balaban J connectivity index is 3.45. The van der Waals surface area contributed by atoms with Crippen molar-refractivity contribution in [2.24, 2.45) is 5.92 Å². The molecular weight excluding hydrogens is 152 g/mol. The van der Waals surface area contributed by atoms with Gasteiger partial charge in [0.1, 0.15) is 0 Å². The minimum Gasteiger partial charge on any atom is -0.127 e. The van der Waals surface area contributed by atoms with E-state index in [1.165, 1.54) is 17.1 Å². The molecule has 0 bridgehead atoms. The fourth-order valence-electron chi connectivity index (χ4n) is 0.673. The van der Waals surface area contributed by atoms with E-state index in [0.717, 1.165) is 5.92 Å². The summed E-state index contributed by atoms with van der Waals surface area (Å²) >= 11 is 1.89. The molecule has 0 aliphatic rings. The summed E-state index contributed by atoms with van der Waals surface area (Å²) in [6.07, 6.45) is 5.32. The lowest BCUT2D eigenvalue weighted by atomic mass is 10.2. The van der Waals surface area contributed by atoms with E-state index in [2.05, 4.69) is 33.4 Å². The van der Waals surface area contributed by atoms with Crippen LogP contribution in [0.5, 0.6) is 0 Å². The molecule has 0 N–H and O–H groups in total. The molecule has 11 heavy (non-hydrogen) atoms. The second kappa shape index (κ2) is 6.53. The maximum Gasteiger partial charge on any atom is 0.00233 e. The smallest absolute Gasteiger partial charge is 0.00233 e. The van der Waals surface area contributed by atoms with Gasteiger partial charge >= 0.3 is 0 Å². The third-order valence-electron chi connectivity index (χ3n) is 1.45. The Labute approximate surface area is 74.8 Å². The quantitative estimate of drug-likeness (QED) is 0.565. The van der Waals surface area contributed by atoms with Gasteiger partial charge in [0.05, 0.1) is 0 Å². The molecule has 0 nitrogen and oxygen atoms in total. The van der Waals surface area contributed by atoms with Gasteiger partial charge in [0, 0.05) is 4.91 Å². The molecule has 0 radical (unpaired) electrons. The lowest BCUT2D eigenvalue weighted by Gasteiger charge is -2.03. The molecule has 0 aromatic rings. The van der Waals surface area contributed by atoms with Gasteiger partial charge in [-0.15, -0.1) is 11.8 Å². The summed E-state index contributed by atoms with van der Waals surface area (Å²) in [5, 5.41) is 0. The molecule has 0 aromatic carbocycles. The van der Waals surface area contributed by atoms with Crippen molar-refractivity contribution in [2.75, 3.05) is 5.75 Å². The Morgan fingerprint density at radius 3 is 2.55 bits per heavy atom. The van der Waals surface area contributed by atoms with Crippen molar-refractivity contribution in [3.63, 3.8) is 0 Å². The fourth-order valence-corrected chi connectivity index (χ4v) is 1.78. The van der Waals surface area contributed by atoms with Crippen LogP contribution >= 0.6 is 11.8 Å². The first-order chi connectivity index (χ1) is 5.20. The van der Waals surface area contributed by atoms with Gasteiger partial charge in [-0.2, -0.15) is 0 Å². The van der Waals surface area contributed by atoms with Crippen molar-refractivity contribution < 1.29 is 0 Å². The van der Waals surface area contributed by atoms with Crippen molar-refractivity contribution in [3.8, 4) is 0 Å². The SMILES string of the molecule is C=C/C(=C\C)SCCC(C)C. The van der Waals surface area contributed by atoms with Crippen molar-refractivity contribution in [2.45, 2.75) is 27.2 Å². The predicted octanol–water partition coefficient (Wildman–Crippen LogP) is 3.86. The van der Waals surface area contributed by atoms with Gasteiger partial charge in [-0.3, -0.25) is 0 Å². The van der Waals surface area contributed by atoms with Crippen LogP contribution in [0, 0.1) is 5.92 Å². The van der Waals surface area contributed by atoms with E-state index >= 15 is 0 Å². The first-order valence-corrected chi connectivity index (χ1v) is 5.10. The van der Waals surface area contributed by atoms with Crippen LogP contribution in [-0.4, -0.2) is 5.75 Å². The normalized spacial score (nSPS) is 12.2. The molecule has 0 saturated heterocycles. The predicted molar refractivity (Wildman–Crippen MR) is 55.9 cm³/mol. The topological polar surface area (TPSA) is 0 Å². The average Bonchev–Trinajstić information content (AvgIpc) is 1.98. The van der Waals surface area contributed by atoms with Crippen molar-refractivity contribution in [1.29, 1.82) is 0 Å². The summed E-state index contributed by atoms with van der Waals surface area (Å²) < 4.78 is 0. The minimum atomic E-state index is 0.811. The molecule has 0 aliphatic heterocycles. The van der Waals surface area contributed by atoms with Crippen LogP contribution < -0.4 is 0 Å². The standard InChI is InChI=1S/C10H18S/c1-5-10(6-2)11-8-7-9(3)4/h5-6,9H,1,7-8H2,2-4H3/b10-6+. The van der Waals surface area contributed by atoms with E-state index in [0.29, 0.717) is 0 Å². The van der Waals surface area contributed by atoms with Gasteiger partial charge in [-0.1, -0.05) is 32.6 Å². The maximum absolute atomic E-state index is 3.74. The molecule has 0 fully saturated rings. The monoisotopic (exact) mass is 170 g/mol. The second-order valence-electron chi connectivity index (χ2n) is 2.93. The van der Waals surface area contributed by atoms with Crippen LogP contribution in [0.3, 0.4) is 0 Å². The Hall–Kier alpha value is -0.170. The van der Waals surface area contributed by atoms with Gasteiger partial charge in [-0.05, 0) is 25.0 Å². The lowest BCUT2D eigenvalue weighted by Crippen LogP contribution is -1.89. The first-order valence-electron chi connectivity index (χ1n) is 4.12. The number of thioether (sulfide) groups is 1. The Bertz CT molecular complexity index is 134. The van der Waals surface area contributed by atoms with E-state index in [4.69, 9.17) is 0 Å².